The van der Waals surface area contributed by atoms with E-state index in [0.29, 0.717) is 16.5 Å². The van der Waals surface area contributed by atoms with Gasteiger partial charge in [-0.15, -0.1) is 6.58 Å². The van der Waals surface area contributed by atoms with Crippen molar-refractivity contribution in [2.75, 3.05) is 7.05 Å². The highest BCUT2D eigenvalue weighted by atomic mass is 16.6. The highest BCUT2D eigenvalue weighted by molar-refractivity contribution is 6.04. The largest absolute Gasteiger partial charge is 0.444 e. The van der Waals surface area contributed by atoms with E-state index in [0.717, 1.165) is 0 Å². The van der Waals surface area contributed by atoms with E-state index in [1.54, 1.807) is 39.0 Å². The molecule has 7 heteroatoms. The average molecular weight is 342 g/mol. The third-order valence-electron chi connectivity index (χ3n) is 3.38. The van der Waals surface area contributed by atoms with Crippen molar-refractivity contribution in [3.8, 4) is 0 Å². The van der Waals surface area contributed by atoms with Gasteiger partial charge in [-0.2, -0.15) is 0 Å². The SMILES string of the molecule is C=CC(NC(=O)OC(C)(C)C)c1cccc2c(C(=O)NC)ncnc12. The normalized spacial score (nSPS) is 12.3. The van der Waals surface area contributed by atoms with E-state index in [4.69, 9.17) is 4.74 Å². The molecule has 0 aliphatic rings. The first-order valence-corrected chi connectivity index (χ1v) is 7.84. The molecule has 0 saturated heterocycles. The molecule has 7 nitrogen and oxygen atoms in total. The summed E-state index contributed by atoms with van der Waals surface area (Å²) in [5, 5.41) is 5.90. The molecule has 132 valence electrons. The zero-order chi connectivity index (χ0) is 18.6. The van der Waals surface area contributed by atoms with Gasteiger partial charge in [0, 0.05) is 18.0 Å². The Balaban J connectivity index is 2.43. The lowest BCUT2D eigenvalue weighted by Gasteiger charge is -2.23. The van der Waals surface area contributed by atoms with Crippen LogP contribution in [0.3, 0.4) is 0 Å². The third kappa shape index (κ3) is 4.32. The maximum Gasteiger partial charge on any atom is 0.408 e. The number of carbonyl (C=O) groups excluding carboxylic acids is 2. The van der Waals surface area contributed by atoms with Crippen LogP contribution >= 0.6 is 0 Å². The first-order chi connectivity index (χ1) is 11.8. The van der Waals surface area contributed by atoms with E-state index >= 15 is 0 Å². The molecule has 1 unspecified atom stereocenters. The van der Waals surface area contributed by atoms with Crippen molar-refractivity contribution >= 4 is 22.9 Å². The molecule has 1 aromatic heterocycles. The molecule has 0 aliphatic heterocycles. The van der Waals surface area contributed by atoms with Crippen molar-refractivity contribution in [1.82, 2.24) is 20.6 Å². The van der Waals surface area contributed by atoms with Gasteiger partial charge in [0.25, 0.3) is 5.91 Å². The molecule has 0 radical (unpaired) electrons. The number of hydrogen-bond donors (Lipinski definition) is 2. The second-order valence-corrected chi connectivity index (χ2v) is 6.40. The summed E-state index contributed by atoms with van der Waals surface area (Å²) in [4.78, 5) is 32.4. The molecular weight excluding hydrogens is 320 g/mol. The van der Waals surface area contributed by atoms with Crippen LogP contribution in [0.25, 0.3) is 10.9 Å². The summed E-state index contributed by atoms with van der Waals surface area (Å²) in [7, 11) is 1.54. The zero-order valence-electron chi connectivity index (χ0n) is 14.8. The molecule has 1 aromatic carbocycles. The maximum absolute atomic E-state index is 12.1. The Morgan fingerprint density at radius 3 is 2.60 bits per heavy atom. The number of amides is 2. The third-order valence-corrected chi connectivity index (χ3v) is 3.38. The minimum atomic E-state index is -0.608. The van der Waals surface area contributed by atoms with Crippen LogP contribution in [-0.2, 0) is 4.74 Å². The molecule has 0 spiro atoms. The molecular formula is C18H22N4O3. The van der Waals surface area contributed by atoms with Crippen LogP contribution in [0.1, 0.15) is 42.9 Å². The molecule has 0 aliphatic carbocycles. The van der Waals surface area contributed by atoms with Crippen LogP contribution < -0.4 is 10.6 Å². The number of carbonyl (C=O) groups is 2. The highest BCUT2D eigenvalue weighted by Crippen LogP contribution is 2.25. The van der Waals surface area contributed by atoms with Gasteiger partial charge in [0.05, 0.1) is 11.6 Å². The standard InChI is InChI=1S/C18H22N4O3/c1-6-13(22-17(24)25-18(2,3)4)11-8-7-9-12-14(11)20-10-21-15(12)16(23)19-5/h6-10,13H,1H2,2-5H3,(H,19,23)(H,22,24). The van der Waals surface area contributed by atoms with Crippen molar-refractivity contribution < 1.29 is 14.3 Å². The Labute approximate surface area is 146 Å². The zero-order valence-corrected chi connectivity index (χ0v) is 14.8. The monoisotopic (exact) mass is 342 g/mol. The number of alkyl carbamates (subject to hydrolysis) is 1. The lowest BCUT2D eigenvalue weighted by Crippen LogP contribution is -2.34. The molecule has 2 amide bonds. The lowest BCUT2D eigenvalue weighted by molar-refractivity contribution is 0.0514. The quantitative estimate of drug-likeness (QED) is 0.833. The van der Waals surface area contributed by atoms with Crippen LogP contribution in [0.15, 0.2) is 37.2 Å². The topological polar surface area (TPSA) is 93.2 Å². The van der Waals surface area contributed by atoms with E-state index < -0.39 is 17.7 Å². The fraction of sp³-hybridized carbons (Fsp3) is 0.333. The van der Waals surface area contributed by atoms with Gasteiger partial charge in [0.2, 0.25) is 0 Å². The number of nitrogens with zero attached hydrogens (tertiary/aromatic N) is 2. The smallest absolute Gasteiger partial charge is 0.408 e. The molecule has 2 rings (SSSR count). The molecule has 0 fully saturated rings. The van der Waals surface area contributed by atoms with Gasteiger partial charge < -0.3 is 15.4 Å². The Hall–Kier alpha value is -2.96. The summed E-state index contributed by atoms with van der Waals surface area (Å²) in [6, 6.07) is 4.83. The number of ether oxygens (including phenoxy) is 1. The molecule has 2 N–H and O–H groups in total. The van der Waals surface area contributed by atoms with Crippen molar-refractivity contribution in [2.24, 2.45) is 0 Å². The van der Waals surface area contributed by atoms with Crippen molar-refractivity contribution in [3.05, 3.63) is 48.4 Å². The molecule has 0 saturated carbocycles. The number of rotatable bonds is 4. The van der Waals surface area contributed by atoms with E-state index in [-0.39, 0.29) is 11.6 Å². The minimum Gasteiger partial charge on any atom is -0.444 e. The molecule has 1 heterocycles. The predicted octanol–water partition coefficient (Wildman–Crippen LogP) is 2.74. The number of fused-ring (bicyclic) bond motifs is 1. The van der Waals surface area contributed by atoms with Crippen LogP contribution in [0, 0.1) is 0 Å². The summed E-state index contributed by atoms with van der Waals surface area (Å²) in [6.45, 7) is 9.14. The Morgan fingerprint density at radius 1 is 1.28 bits per heavy atom. The summed E-state index contributed by atoms with van der Waals surface area (Å²) in [5.74, 6) is -0.306. The average Bonchev–Trinajstić information content (AvgIpc) is 2.56. The predicted molar refractivity (Wildman–Crippen MR) is 95.2 cm³/mol. The van der Waals surface area contributed by atoms with E-state index in [2.05, 4.69) is 27.2 Å². The number of aromatic nitrogens is 2. The van der Waals surface area contributed by atoms with Gasteiger partial charge in [-0.1, -0.05) is 24.3 Å². The van der Waals surface area contributed by atoms with Gasteiger partial charge in [0.15, 0.2) is 0 Å². The van der Waals surface area contributed by atoms with Gasteiger partial charge >= 0.3 is 6.09 Å². The number of benzene rings is 1. The summed E-state index contributed by atoms with van der Waals surface area (Å²) in [5.41, 5.74) is 0.931. The van der Waals surface area contributed by atoms with Crippen LogP contribution in [-0.4, -0.2) is 34.6 Å². The number of nitrogens with one attached hydrogen (secondary N) is 2. The fourth-order valence-electron chi connectivity index (χ4n) is 2.36. The van der Waals surface area contributed by atoms with E-state index in [1.165, 1.54) is 13.4 Å². The summed E-state index contributed by atoms with van der Waals surface area (Å²) >= 11 is 0. The van der Waals surface area contributed by atoms with Crippen LogP contribution in [0.4, 0.5) is 4.79 Å². The van der Waals surface area contributed by atoms with Crippen molar-refractivity contribution in [3.63, 3.8) is 0 Å². The number of para-hydroxylation sites is 1. The van der Waals surface area contributed by atoms with E-state index in [1.807, 2.05) is 6.07 Å². The Kier molecular flexibility index (Phi) is 5.36. The maximum atomic E-state index is 12.1. The lowest BCUT2D eigenvalue weighted by atomic mass is 10.0. The highest BCUT2D eigenvalue weighted by Gasteiger charge is 2.21. The van der Waals surface area contributed by atoms with Gasteiger partial charge in [-0.25, -0.2) is 14.8 Å². The Morgan fingerprint density at radius 2 is 2.00 bits per heavy atom. The minimum absolute atomic E-state index is 0.273. The van der Waals surface area contributed by atoms with Crippen molar-refractivity contribution in [2.45, 2.75) is 32.4 Å². The summed E-state index contributed by atoms with van der Waals surface area (Å²) in [6.07, 6.45) is 2.35. The molecule has 2 aromatic rings. The fourth-order valence-corrected chi connectivity index (χ4v) is 2.36. The summed E-state index contributed by atoms with van der Waals surface area (Å²) < 4.78 is 5.29. The van der Waals surface area contributed by atoms with Gasteiger partial charge in [0.1, 0.15) is 17.6 Å². The number of hydrogen-bond acceptors (Lipinski definition) is 5. The Bertz CT molecular complexity index is 812. The molecule has 0 bridgehead atoms. The van der Waals surface area contributed by atoms with E-state index in [9.17, 15) is 9.59 Å². The second kappa shape index (κ2) is 7.29. The second-order valence-electron chi connectivity index (χ2n) is 6.40. The molecule has 25 heavy (non-hydrogen) atoms. The first kappa shape index (κ1) is 18.4. The van der Waals surface area contributed by atoms with Gasteiger partial charge in [-0.3, -0.25) is 4.79 Å². The van der Waals surface area contributed by atoms with Crippen LogP contribution in [0.5, 0.6) is 0 Å². The van der Waals surface area contributed by atoms with Crippen LogP contribution in [0.2, 0.25) is 0 Å². The molecule has 1 atom stereocenters. The van der Waals surface area contributed by atoms with Crippen molar-refractivity contribution in [1.29, 1.82) is 0 Å². The first-order valence-electron chi connectivity index (χ1n) is 7.84. The van der Waals surface area contributed by atoms with Gasteiger partial charge in [-0.05, 0) is 20.8 Å².